The van der Waals surface area contributed by atoms with E-state index in [1.807, 2.05) is 0 Å². The van der Waals surface area contributed by atoms with Gasteiger partial charge in [-0.3, -0.25) is 4.79 Å². The molecule has 0 heterocycles. The summed E-state index contributed by atoms with van der Waals surface area (Å²) in [5, 5.41) is 12.2. The van der Waals surface area contributed by atoms with E-state index in [2.05, 4.69) is 5.32 Å². The summed E-state index contributed by atoms with van der Waals surface area (Å²) >= 11 is 0. The molecule has 0 aliphatic carbocycles. The summed E-state index contributed by atoms with van der Waals surface area (Å²) in [4.78, 5) is 11.8. The van der Waals surface area contributed by atoms with Crippen molar-refractivity contribution >= 4 is 5.91 Å². The molecule has 0 fully saturated rings. The number of ether oxygens (including phenoxy) is 2. The molecule has 0 radical (unpaired) electrons. The highest BCUT2D eigenvalue weighted by Gasteiger charge is 2.55. The Morgan fingerprint density at radius 2 is 1.62 bits per heavy atom. The highest BCUT2D eigenvalue weighted by Crippen LogP contribution is 2.38. The smallest absolute Gasteiger partial charge is 0.423 e. The Labute approximate surface area is 148 Å². The van der Waals surface area contributed by atoms with Crippen molar-refractivity contribution in [3.8, 4) is 11.5 Å². The average molecular weight is 369 g/mol. The molecule has 1 unspecified atom stereocenters. The summed E-state index contributed by atoms with van der Waals surface area (Å²) < 4.78 is 50.1. The molecule has 1 atom stereocenters. The lowest BCUT2D eigenvalue weighted by Gasteiger charge is -2.31. The second-order valence-corrected chi connectivity index (χ2v) is 5.46. The van der Waals surface area contributed by atoms with Gasteiger partial charge in [-0.25, -0.2) is 0 Å². The average Bonchev–Trinajstić information content (AvgIpc) is 2.64. The van der Waals surface area contributed by atoms with Gasteiger partial charge < -0.3 is 19.9 Å². The summed E-state index contributed by atoms with van der Waals surface area (Å²) in [5.74, 6) is 0.162. The Hall–Kier alpha value is -2.74. The maximum Gasteiger partial charge on any atom is 0.423 e. The number of benzene rings is 2. The number of rotatable bonds is 7. The highest BCUT2D eigenvalue weighted by molar-refractivity contribution is 5.77. The van der Waals surface area contributed by atoms with E-state index >= 15 is 0 Å². The first-order valence-corrected chi connectivity index (χ1v) is 7.64. The van der Waals surface area contributed by atoms with Gasteiger partial charge in [-0.15, -0.1) is 0 Å². The molecule has 2 aromatic rings. The third-order valence-electron chi connectivity index (χ3n) is 3.69. The van der Waals surface area contributed by atoms with Crippen molar-refractivity contribution in [1.29, 1.82) is 0 Å². The fourth-order valence-electron chi connectivity index (χ4n) is 2.18. The lowest BCUT2D eigenvalue weighted by molar-refractivity contribution is -0.264. The summed E-state index contributed by atoms with van der Waals surface area (Å²) in [5.41, 5.74) is -3.55. The number of aliphatic hydroxyl groups is 1. The second-order valence-electron chi connectivity index (χ2n) is 5.46. The number of halogens is 3. The van der Waals surface area contributed by atoms with Crippen molar-refractivity contribution in [2.75, 3.05) is 20.3 Å². The molecule has 0 saturated carbocycles. The number of hydrogen-bond donors (Lipinski definition) is 2. The Kier molecular flexibility index (Phi) is 6.10. The lowest BCUT2D eigenvalue weighted by Crippen LogP contribution is -2.51. The zero-order valence-electron chi connectivity index (χ0n) is 13.9. The molecule has 0 aromatic heterocycles. The maximum atomic E-state index is 13.3. The standard InChI is InChI=1S/C18H18F3NO4/c1-25-14-7-9-15(10-8-14)26-11-16(23)22-12-17(24,18(19,20)21)13-5-3-2-4-6-13/h2-10,24H,11-12H2,1H3,(H,22,23). The van der Waals surface area contributed by atoms with E-state index in [-0.39, 0.29) is 5.56 Å². The van der Waals surface area contributed by atoms with Crippen LogP contribution in [0.15, 0.2) is 54.6 Å². The van der Waals surface area contributed by atoms with Crippen LogP contribution in [0, 0.1) is 0 Å². The van der Waals surface area contributed by atoms with Gasteiger partial charge in [0.15, 0.2) is 6.61 Å². The van der Waals surface area contributed by atoms with Crippen molar-refractivity contribution in [2.24, 2.45) is 0 Å². The molecule has 2 N–H and O–H groups in total. The van der Waals surface area contributed by atoms with Crippen molar-refractivity contribution in [3.05, 3.63) is 60.2 Å². The summed E-state index contributed by atoms with van der Waals surface area (Å²) in [6, 6.07) is 12.9. The van der Waals surface area contributed by atoms with Gasteiger partial charge in [0.05, 0.1) is 13.7 Å². The number of carbonyl (C=O) groups excluding carboxylic acids is 1. The van der Waals surface area contributed by atoms with E-state index in [0.29, 0.717) is 11.5 Å². The van der Waals surface area contributed by atoms with Crippen LogP contribution in [0.2, 0.25) is 0 Å². The van der Waals surface area contributed by atoms with Crippen LogP contribution in [0.3, 0.4) is 0 Å². The van der Waals surface area contributed by atoms with Crippen LogP contribution < -0.4 is 14.8 Å². The molecule has 5 nitrogen and oxygen atoms in total. The predicted molar refractivity (Wildman–Crippen MR) is 87.9 cm³/mol. The van der Waals surface area contributed by atoms with E-state index in [9.17, 15) is 23.1 Å². The predicted octanol–water partition coefficient (Wildman–Crippen LogP) is 2.64. The molecule has 0 bridgehead atoms. The second kappa shape index (κ2) is 8.09. The SMILES string of the molecule is COc1ccc(OCC(=O)NCC(O)(c2ccccc2)C(F)(F)F)cc1. The van der Waals surface area contributed by atoms with Crippen LogP contribution in [0.4, 0.5) is 13.2 Å². The van der Waals surface area contributed by atoms with Crippen molar-refractivity contribution in [1.82, 2.24) is 5.32 Å². The topological polar surface area (TPSA) is 67.8 Å². The Morgan fingerprint density at radius 1 is 1.04 bits per heavy atom. The quantitative estimate of drug-likeness (QED) is 0.787. The number of carbonyl (C=O) groups is 1. The largest absolute Gasteiger partial charge is 0.497 e. The van der Waals surface area contributed by atoms with Gasteiger partial charge in [0.2, 0.25) is 5.60 Å². The maximum absolute atomic E-state index is 13.3. The Bertz CT molecular complexity index is 719. The van der Waals surface area contributed by atoms with Crippen LogP contribution in [-0.2, 0) is 10.4 Å². The van der Waals surface area contributed by atoms with Crippen LogP contribution in [0.1, 0.15) is 5.56 Å². The number of amides is 1. The normalized spacial score (nSPS) is 13.6. The third-order valence-corrected chi connectivity index (χ3v) is 3.69. The van der Waals surface area contributed by atoms with Gasteiger partial charge >= 0.3 is 6.18 Å². The van der Waals surface area contributed by atoms with E-state index < -0.39 is 30.8 Å². The molecular weight excluding hydrogens is 351 g/mol. The van der Waals surface area contributed by atoms with Gasteiger partial charge in [-0.2, -0.15) is 13.2 Å². The Balaban J connectivity index is 1.96. The molecule has 0 aliphatic rings. The van der Waals surface area contributed by atoms with Crippen molar-refractivity contribution in [2.45, 2.75) is 11.8 Å². The summed E-state index contributed by atoms with van der Waals surface area (Å²) in [7, 11) is 1.50. The molecule has 0 saturated heterocycles. The third kappa shape index (κ3) is 4.66. The van der Waals surface area contributed by atoms with E-state index in [4.69, 9.17) is 9.47 Å². The lowest BCUT2D eigenvalue weighted by atomic mass is 9.93. The molecule has 0 aliphatic heterocycles. The summed E-state index contributed by atoms with van der Waals surface area (Å²) in [6.07, 6.45) is -4.96. The van der Waals surface area contributed by atoms with Gasteiger partial charge in [0, 0.05) is 0 Å². The fourth-order valence-corrected chi connectivity index (χ4v) is 2.18. The zero-order chi connectivity index (χ0) is 19.2. The number of methoxy groups -OCH3 is 1. The first kappa shape index (κ1) is 19.6. The molecule has 2 rings (SSSR count). The van der Waals surface area contributed by atoms with Crippen LogP contribution in [0.25, 0.3) is 0 Å². The molecule has 26 heavy (non-hydrogen) atoms. The zero-order valence-corrected chi connectivity index (χ0v) is 13.9. The van der Waals surface area contributed by atoms with Gasteiger partial charge in [-0.05, 0) is 29.8 Å². The number of alkyl halides is 3. The van der Waals surface area contributed by atoms with E-state index in [0.717, 1.165) is 12.1 Å². The molecule has 8 heteroatoms. The first-order valence-electron chi connectivity index (χ1n) is 7.64. The first-order chi connectivity index (χ1) is 12.3. The molecule has 0 spiro atoms. The van der Waals surface area contributed by atoms with Gasteiger partial charge in [0.1, 0.15) is 11.5 Å². The fraction of sp³-hybridized carbons (Fsp3) is 0.278. The van der Waals surface area contributed by atoms with Crippen LogP contribution in [0.5, 0.6) is 11.5 Å². The monoisotopic (exact) mass is 369 g/mol. The molecule has 2 aromatic carbocycles. The minimum atomic E-state index is -4.96. The van der Waals surface area contributed by atoms with E-state index in [1.165, 1.54) is 25.3 Å². The van der Waals surface area contributed by atoms with Crippen LogP contribution in [-0.4, -0.2) is 37.5 Å². The molecule has 140 valence electrons. The van der Waals surface area contributed by atoms with Gasteiger partial charge in [-0.1, -0.05) is 30.3 Å². The Morgan fingerprint density at radius 3 is 2.15 bits per heavy atom. The number of hydrogen-bond acceptors (Lipinski definition) is 4. The molecule has 1 amide bonds. The number of nitrogens with one attached hydrogen (secondary N) is 1. The van der Waals surface area contributed by atoms with Crippen LogP contribution >= 0.6 is 0 Å². The minimum Gasteiger partial charge on any atom is -0.497 e. The minimum absolute atomic E-state index is 0.357. The van der Waals surface area contributed by atoms with E-state index in [1.54, 1.807) is 24.3 Å². The highest BCUT2D eigenvalue weighted by atomic mass is 19.4. The van der Waals surface area contributed by atoms with Gasteiger partial charge in [0.25, 0.3) is 5.91 Å². The van der Waals surface area contributed by atoms with Crippen molar-refractivity contribution < 1.29 is 32.5 Å². The summed E-state index contributed by atoms with van der Waals surface area (Å²) in [6.45, 7) is -1.51. The molecular formula is C18H18F3NO4. The van der Waals surface area contributed by atoms with Crippen molar-refractivity contribution in [3.63, 3.8) is 0 Å².